The smallest absolute Gasteiger partial charge is 0.0638 e. The molecule has 2 atom stereocenters. The van der Waals surface area contributed by atoms with Crippen molar-refractivity contribution in [2.75, 3.05) is 27.2 Å². The van der Waals surface area contributed by atoms with Crippen LogP contribution in [0.1, 0.15) is 13.3 Å². The summed E-state index contributed by atoms with van der Waals surface area (Å²) in [6.07, 6.45) is 0.646. The molecular formula is C9H17N3. The normalized spacial score (nSPS) is 33.2. The van der Waals surface area contributed by atoms with Crippen molar-refractivity contribution < 1.29 is 0 Å². The second kappa shape index (κ2) is 3.88. The molecule has 1 saturated heterocycles. The minimum atomic E-state index is 0.427. The van der Waals surface area contributed by atoms with Crippen LogP contribution in [0, 0.1) is 11.3 Å². The molecule has 68 valence electrons. The predicted molar refractivity (Wildman–Crippen MR) is 48.7 cm³/mol. The lowest BCUT2D eigenvalue weighted by Crippen LogP contribution is -2.54. The summed E-state index contributed by atoms with van der Waals surface area (Å²) in [5, 5.41) is 8.59. The van der Waals surface area contributed by atoms with E-state index in [9.17, 15) is 0 Å². The Morgan fingerprint density at radius 2 is 2.00 bits per heavy atom. The monoisotopic (exact) mass is 167 g/mol. The molecule has 3 heteroatoms. The molecule has 0 amide bonds. The Morgan fingerprint density at radius 3 is 2.58 bits per heavy atom. The van der Waals surface area contributed by atoms with Gasteiger partial charge in [0.25, 0.3) is 0 Å². The van der Waals surface area contributed by atoms with Crippen molar-refractivity contribution in [1.29, 1.82) is 5.26 Å². The first-order valence-corrected chi connectivity index (χ1v) is 4.42. The summed E-state index contributed by atoms with van der Waals surface area (Å²) in [4.78, 5) is 4.61. The molecule has 0 aliphatic carbocycles. The number of rotatable bonds is 1. The van der Waals surface area contributed by atoms with Crippen LogP contribution in [0.5, 0.6) is 0 Å². The average molecular weight is 167 g/mol. The van der Waals surface area contributed by atoms with E-state index in [1.807, 2.05) is 0 Å². The topological polar surface area (TPSA) is 30.3 Å². The third-order valence-electron chi connectivity index (χ3n) is 2.75. The molecule has 12 heavy (non-hydrogen) atoms. The standard InChI is InChI=1S/C9H17N3/c1-8-6-12(3)9(4-5-10)7-11(8)2/h8-9H,4,6-7H2,1-3H3. The Bertz CT molecular complexity index is 185. The molecule has 3 nitrogen and oxygen atoms in total. The highest BCUT2D eigenvalue weighted by Crippen LogP contribution is 2.13. The van der Waals surface area contributed by atoms with Crippen molar-refractivity contribution in [3.8, 4) is 6.07 Å². The van der Waals surface area contributed by atoms with E-state index in [-0.39, 0.29) is 0 Å². The molecule has 0 saturated carbocycles. The fraction of sp³-hybridized carbons (Fsp3) is 0.889. The zero-order valence-corrected chi connectivity index (χ0v) is 8.12. The number of nitriles is 1. The predicted octanol–water partition coefficient (Wildman–Crippen LogP) is 0.534. The lowest BCUT2D eigenvalue weighted by Gasteiger charge is -2.41. The summed E-state index contributed by atoms with van der Waals surface area (Å²) in [6.45, 7) is 4.31. The highest BCUT2D eigenvalue weighted by atomic mass is 15.3. The van der Waals surface area contributed by atoms with E-state index in [0.717, 1.165) is 13.1 Å². The number of piperazine rings is 1. The van der Waals surface area contributed by atoms with Gasteiger partial charge in [0.15, 0.2) is 0 Å². The SMILES string of the molecule is CC1CN(C)C(CC#N)CN1C. The first-order valence-electron chi connectivity index (χ1n) is 4.42. The van der Waals surface area contributed by atoms with E-state index in [0.29, 0.717) is 18.5 Å². The van der Waals surface area contributed by atoms with Crippen molar-refractivity contribution in [2.24, 2.45) is 0 Å². The van der Waals surface area contributed by atoms with Crippen LogP contribution in [0.4, 0.5) is 0 Å². The van der Waals surface area contributed by atoms with Crippen LogP contribution < -0.4 is 0 Å². The van der Waals surface area contributed by atoms with Crippen LogP contribution in [-0.4, -0.2) is 49.1 Å². The van der Waals surface area contributed by atoms with Gasteiger partial charge >= 0.3 is 0 Å². The van der Waals surface area contributed by atoms with Gasteiger partial charge in [-0.2, -0.15) is 5.26 Å². The molecule has 0 radical (unpaired) electrons. The first kappa shape index (κ1) is 9.50. The van der Waals surface area contributed by atoms with E-state index >= 15 is 0 Å². The molecule has 0 N–H and O–H groups in total. The van der Waals surface area contributed by atoms with Gasteiger partial charge in [-0.25, -0.2) is 0 Å². The third kappa shape index (κ3) is 1.96. The fourth-order valence-electron chi connectivity index (χ4n) is 1.68. The highest BCUT2D eigenvalue weighted by molar-refractivity contribution is 4.89. The van der Waals surface area contributed by atoms with Crippen molar-refractivity contribution >= 4 is 0 Å². The molecule has 1 heterocycles. The molecule has 1 aliphatic heterocycles. The van der Waals surface area contributed by atoms with Gasteiger partial charge in [-0.3, -0.25) is 4.90 Å². The first-order chi connectivity index (χ1) is 5.65. The number of hydrogen-bond acceptors (Lipinski definition) is 3. The van der Waals surface area contributed by atoms with Crippen LogP contribution in [0.15, 0.2) is 0 Å². The van der Waals surface area contributed by atoms with Gasteiger partial charge in [-0.15, -0.1) is 0 Å². The van der Waals surface area contributed by atoms with Crippen LogP contribution in [0.2, 0.25) is 0 Å². The lowest BCUT2D eigenvalue weighted by atomic mass is 10.1. The molecule has 0 aromatic carbocycles. The summed E-state index contributed by atoms with van der Waals surface area (Å²) in [6, 6.07) is 3.28. The number of nitrogens with zero attached hydrogens (tertiary/aromatic N) is 3. The van der Waals surface area contributed by atoms with Crippen molar-refractivity contribution in [1.82, 2.24) is 9.80 Å². The Kier molecular flexibility index (Phi) is 3.07. The largest absolute Gasteiger partial charge is 0.301 e. The maximum Gasteiger partial charge on any atom is 0.0638 e. The Labute approximate surface area is 74.6 Å². The Hall–Kier alpha value is -0.590. The molecule has 0 aromatic heterocycles. The maximum atomic E-state index is 8.59. The van der Waals surface area contributed by atoms with Gasteiger partial charge in [0, 0.05) is 25.2 Å². The van der Waals surface area contributed by atoms with Crippen LogP contribution in [0.25, 0.3) is 0 Å². The van der Waals surface area contributed by atoms with E-state index in [1.54, 1.807) is 0 Å². The van der Waals surface area contributed by atoms with Crippen LogP contribution in [-0.2, 0) is 0 Å². The van der Waals surface area contributed by atoms with E-state index in [4.69, 9.17) is 5.26 Å². The summed E-state index contributed by atoms with van der Waals surface area (Å²) < 4.78 is 0. The molecular weight excluding hydrogens is 150 g/mol. The third-order valence-corrected chi connectivity index (χ3v) is 2.75. The number of likely N-dealkylation sites (N-methyl/N-ethyl adjacent to an activating group) is 2. The molecule has 1 fully saturated rings. The molecule has 2 unspecified atom stereocenters. The second-order valence-electron chi connectivity index (χ2n) is 3.74. The van der Waals surface area contributed by atoms with Gasteiger partial charge < -0.3 is 4.90 Å². The summed E-state index contributed by atoms with van der Waals surface area (Å²) >= 11 is 0. The Balaban J connectivity index is 2.50. The summed E-state index contributed by atoms with van der Waals surface area (Å²) in [5.74, 6) is 0. The zero-order chi connectivity index (χ0) is 9.14. The van der Waals surface area contributed by atoms with E-state index in [1.165, 1.54) is 0 Å². The second-order valence-corrected chi connectivity index (χ2v) is 3.74. The molecule has 1 aliphatic rings. The molecule has 0 bridgehead atoms. The molecule has 0 aromatic rings. The lowest BCUT2D eigenvalue weighted by molar-refractivity contribution is 0.0736. The minimum absolute atomic E-state index is 0.427. The summed E-state index contributed by atoms with van der Waals surface area (Å²) in [7, 11) is 4.23. The fourth-order valence-corrected chi connectivity index (χ4v) is 1.68. The maximum absolute atomic E-state index is 8.59. The minimum Gasteiger partial charge on any atom is -0.301 e. The van der Waals surface area contributed by atoms with Crippen molar-refractivity contribution in [3.63, 3.8) is 0 Å². The van der Waals surface area contributed by atoms with Crippen molar-refractivity contribution in [3.05, 3.63) is 0 Å². The van der Waals surface area contributed by atoms with Crippen LogP contribution >= 0.6 is 0 Å². The highest BCUT2D eigenvalue weighted by Gasteiger charge is 2.26. The number of hydrogen-bond donors (Lipinski definition) is 0. The van der Waals surface area contributed by atoms with Gasteiger partial charge in [0.05, 0.1) is 12.5 Å². The van der Waals surface area contributed by atoms with Gasteiger partial charge in [-0.05, 0) is 21.0 Å². The average Bonchev–Trinajstić information content (AvgIpc) is 2.01. The van der Waals surface area contributed by atoms with Gasteiger partial charge in [0.2, 0.25) is 0 Å². The van der Waals surface area contributed by atoms with Gasteiger partial charge in [0.1, 0.15) is 0 Å². The quantitative estimate of drug-likeness (QED) is 0.571. The summed E-state index contributed by atoms with van der Waals surface area (Å²) in [5.41, 5.74) is 0. The molecule has 0 spiro atoms. The van der Waals surface area contributed by atoms with Crippen molar-refractivity contribution in [2.45, 2.75) is 25.4 Å². The van der Waals surface area contributed by atoms with Crippen LogP contribution in [0.3, 0.4) is 0 Å². The zero-order valence-electron chi connectivity index (χ0n) is 8.12. The Morgan fingerprint density at radius 1 is 1.33 bits per heavy atom. The van der Waals surface area contributed by atoms with E-state index < -0.39 is 0 Å². The van der Waals surface area contributed by atoms with E-state index in [2.05, 4.69) is 36.9 Å². The van der Waals surface area contributed by atoms with Gasteiger partial charge in [-0.1, -0.05) is 0 Å². The molecule has 1 rings (SSSR count).